The van der Waals surface area contributed by atoms with Crippen LogP contribution in [0.25, 0.3) is 0 Å². The summed E-state index contributed by atoms with van der Waals surface area (Å²) in [5.41, 5.74) is 1.49. The Bertz CT molecular complexity index is 946. The van der Waals surface area contributed by atoms with Crippen molar-refractivity contribution in [2.45, 2.75) is 18.4 Å². The van der Waals surface area contributed by atoms with E-state index in [4.69, 9.17) is 4.74 Å². The highest BCUT2D eigenvalue weighted by molar-refractivity contribution is 7.89. The van der Waals surface area contributed by atoms with E-state index in [1.54, 1.807) is 13.0 Å². The van der Waals surface area contributed by atoms with Gasteiger partial charge in [-0.05, 0) is 30.2 Å². The van der Waals surface area contributed by atoms with Crippen molar-refractivity contribution in [1.82, 2.24) is 15.4 Å². The summed E-state index contributed by atoms with van der Waals surface area (Å²) in [5, 5.41) is 5.06. The molecule has 3 N–H and O–H groups in total. The number of hydrogen-bond donors (Lipinski definition) is 3. The lowest BCUT2D eigenvalue weighted by Crippen LogP contribution is -2.38. The zero-order chi connectivity index (χ0) is 21.3. The summed E-state index contributed by atoms with van der Waals surface area (Å²) in [5.74, 6) is -0.897. The predicted molar refractivity (Wildman–Crippen MR) is 109 cm³/mol. The Morgan fingerprint density at radius 3 is 2.45 bits per heavy atom. The van der Waals surface area contributed by atoms with Crippen LogP contribution in [0, 0.1) is 6.92 Å². The molecule has 0 unspecified atom stereocenters. The molecule has 0 aromatic heterocycles. The first-order valence-corrected chi connectivity index (χ1v) is 10.5. The normalized spacial score (nSPS) is 11.1. The molecule has 0 heterocycles. The molecule has 0 spiro atoms. The van der Waals surface area contributed by atoms with Crippen molar-refractivity contribution < 1.29 is 22.7 Å². The second-order valence-corrected chi connectivity index (χ2v) is 8.05. The molecule has 0 fully saturated rings. The molecule has 0 aliphatic heterocycles. The zero-order valence-corrected chi connectivity index (χ0v) is 17.2. The number of nitrogens with one attached hydrogen (secondary N) is 3. The number of aryl methyl sites for hydroxylation is 1. The quantitative estimate of drug-likeness (QED) is 0.497. The van der Waals surface area contributed by atoms with Gasteiger partial charge in [-0.25, -0.2) is 13.1 Å². The van der Waals surface area contributed by atoms with Gasteiger partial charge in [0.05, 0.1) is 18.0 Å². The molecule has 0 radical (unpaired) electrons. The molecule has 2 rings (SSSR count). The fourth-order valence-corrected chi connectivity index (χ4v) is 3.79. The molecule has 0 atom stereocenters. The van der Waals surface area contributed by atoms with Crippen LogP contribution in [0.4, 0.5) is 0 Å². The summed E-state index contributed by atoms with van der Waals surface area (Å²) >= 11 is 0. The van der Waals surface area contributed by atoms with Gasteiger partial charge in [0.15, 0.2) is 0 Å². The van der Waals surface area contributed by atoms with Gasteiger partial charge in [0.1, 0.15) is 0 Å². The van der Waals surface area contributed by atoms with E-state index in [1.165, 1.54) is 19.2 Å². The number of sulfonamides is 1. The van der Waals surface area contributed by atoms with Crippen LogP contribution in [0.2, 0.25) is 0 Å². The van der Waals surface area contributed by atoms with Crippen LogP contribution < -0.4 is 15.4 Å². The van der Waals surface area contributed by atoms with E-state index in [0.29, 0.717) is 18.7 Å². The van der Waals surface area contributed by atoms with Crippen molar-refractivity contribution >= 4 is 21.8 Å². The van der Waals surface area contributed by atoms with Crippen molar-refractivity contribution in [2.75, 3.05) is 26.8 Å². The predicted octanol–water partition coefficient (Wildman–Crippen LogP) is 0.966. The van der Waals surface area contributed by atoms with E-state index >= 15 is 0 Å². The highest BCUT2D eigenvalue weighted by atomic mass is 32.2. The average Bonchev–Trinajstić information content (AvgIpc) is 2.72. The fraction of sp³-hybridized carbons (Fsp3) is 0.300. The Labute approximate surface area is 170 Å². The van der Waals surface area contributed by atoms with Crippen LogP contribution in [0.3, 0.4) is 0 Å². The van der Waals surface area contributed by atoms with Crippen LogP contribution in [0.1, 0.15) is 21.5 Å². The van der Waals surface area contributed by atoms with Gasteiger partial charge in [-0.3, -0.25) is 9.59 Å². The largest absolute Gasteiger partial charge is 0.383 e. The fourth-order valence-electron chi connectivity index (χ4n) is 2.50. The molecular formula is C20H25N3O5S. The van der Waals surface area contributed by atoms with E-state index in [1.807, 2.05) is 30.3 Å². The van der Waals surface area contributed by atoms with Crippen molar-refractivity contribution in [3.05, 3.63) is 65.2 Å². The van der Waals surface area contributed by atoms with Crippen LogP contribution in [0.5, 0.6) is 0 Å². The SMILES string of the molecule is COCCNC(=O)CNC(=O)c1ccc(C)c(S(=O)(=O)NCc2ccccc2)c1. The number of ether oxygens (including phenoxy) is 1. The molecule has 0 bridgehead atoms. The molecular weight excluding hydrogens is 394 g/mol. The molecule has 0 saturated carbocycles. The Balaban J connectivity index is 2.04. The topological polar surface area (TPSA) is 114 Å². The summed E-state index contributed by atoms with van der Waals surface area (Å²) in [4.78, 5) is 24.0. The Hall–Kier alpha value is -2.75. The lowest BCUT2D eigenvalue weighted by atomic mass is 10.1. The summed E-state index contributed by atoms with van der Waals surface area (Å²) in [6, 6.07) is 13.5. The standard InChI is InChI=1S/C20H25N3O5S/c1-15-8-9-17(20(25)22-14-19(24)21-10-11-28-2)12-18(15)29(26,27)23-13-16-6-4-3-5-7-16/h3-9,12,23H,10-11,13-14H2,1-2H3,(H,21,24)(H,22,25). The summed E-state index contributed by atoms with van der Waals surface area (Å²) in [6.45, 7) is 2.29. The van der Waals surface area contributed by atoms with Crippen LogP contribution in [0.15, 0.2) is 53.4 Å². The third kappa shape index (κ3) is 6.97. The first-order chi connectivity index (χ1) is 13.8. The molecule has 8 nitrogen and oxygen atoms in total. The van der Waals surface area contributed by atoms with Gasteiger partial charge >= 0.3 is 0 Å². The van der Waals surface area contributed by atoms with E-state index in [2.05, 4.69) is 15.4 Å². The number of amides is 2. The third-order valence-corrected chi connectivity index (χ3v) is 5.63. The van der Waals surface area contributed by atoms with E-state index < -0.39 is 15.9 Å². The zero-order valence-electron chi connectivity index (χ0n) is 16.4. The van der Waals surface area contributed by atoms with Gasteiger partial charge in [-0.2, -0.15) is 0 Å². The van der Waals surface area contributed by atoms with Crippen molar-refractivity contribution in [1.29, 1.82) is 0 Å². The summed E-state index contributed by atoms with van der Waals surface area (Å²) < 4.78 is 32.8. The number of carbonyl (C=O) groups excluding carboxylic acids is 2. The van der Waals surface area contributed by atoms with Crippen molar-refractivity contribution in [3.8, 4) is 0 Å². The molecule has 9 heteroatoms. The van der Waals surface area contributed by atoms with Crippen LogP contribution >= 0.6 is 0 Å². The molecule has 0 aliphatic carbocycles. The number of benzene rings is 2. The average molecular weight is 420 g/mol. The molecule has 156 valence electrons. The van der Waals surface area contributed by atoms with Gasteiger partial charge < -0.3 is 15.4 Å². The second-order valence-electron chi connectivity index (χ2n) is 6.32. The summed E-state index contributed by atoms with van der Waals surface area (Å²) in [6.07, 6.45) is 0. The minimum absolute atomic E-state index is 0.0191. The highest BCUT2D eigenvalue weighted by Crippen LogP contribution is 2.17. The molecule has 29 heavy (non-hydrogen) atoms. The Morgan fingerprint density at radius 2 is 1.76 bits per heavy atom. The van der Waals surface area contributed by atoms with E-state index in [-0.39, 0.29) is 29.5 Å². The maximum absolute atomic E-state index is 12.7. The Kier molecular flexibility index (Phi) is 8.32. The number of hydrogen-bond acceptors (Lipinski definition) is 5. The van der Waals surface area contributed by atoms with Crippen LogP contribution in [-0.2, 0) is 26.1 Å². The van der Waals surface area contributed by atoms with E-state index in [0.717, 1.165) is 5.56 Å². The minimum atomic E-state index is -3.81. The van der Waals surface area contributed by atoms with Crippen molar-refractivity contribution in [3.63, 3.8) is 0 Å². The highest BCUT2D eigenvalue weighted by Gasteiger charge is 2.19. The molecule has 2 amide bonds. The first-order valence-electron chi connectivity index (χ1n) is 9.01. The smallest absolute Gasteiger partial charge is 0.251 e. The van der Waals surface area contributed by atoms with Gasteiger partial charge in [-0.15, -0.1) is 0 Å². The maximum Gasteiger partial charge on any atom is 0.251 e. The lowest BCUT2D eigenvalue weighted by molar-refractivity contribution is -0.120. The van der Waals surface area contributed by atoms with Crippen molar-refractivity contribution in [2.24, 2.45) is 0 Å². The van der Waals surface area contributed by atoms with Gasteiger partial charge in [0.2, 0.25) is 15.9 Å². The maximum atomic E-state index is 12.7. The minimum Gasteiger partial charge on any atom is -0.383 e. The van der Waals surface area contributed by atoms with Crippen LogP contribution in [-0.4, -0.2) is 47.0 Å². The molecule has 2 aromatic rings. The third-order valence-electron chi connectivity index (χ3n) is 4.09. The Morgan fingerprint density at radius 1 is 1.03 bits per heavy atom. The van der Waals surface area contributed by atoms with Gasteiger partial charge in [-0.1, -0.05) is 36.4 Å². The first kappa shape index (κ1) is 22.5. The van der Waals surface area contributed by atoms with Gasteiger partial charge in [0, 0.05) is 25.8 Å². The number of carbonyl (C=O) groups is 2. The lowest BCUT2D eigenvalue weighted by Gasteiger charge is -2.12. The van der Waals surface area contributed by atoms with E-state index in [9.17, 15) is 18.0 Å². The number of rotatable bonds is 10. The molecule has 0 saturated heterocycles. The van der Waals surface area contributed by atoms with Gasteiger partial charge in [0.25, 0.3) is 5.91 Å². The second kappa shape index (κ2) is 10.7. The number of methoxy groups -OCH3 is 1. The monoisotopic (exact) mass is 419 g/mol. The molecule has 2 aromatic carbocycles. The summed E-state index contributed by atoms with van der Waals surface area (Å²) in [7, 11) is -2.30. The molecule has 0 aliphatic rings.